The number of carbonyl (C=O) groups is 2. The van der Waals surface area contributed by atoms with Gasteiger partial charge >= 0.3 is 5.97 Å². The third-order valence-corrected chi connectivity index (χ3v) is 2.70. The van der Waals surface area contributed by atoms with E-state index in [2.05, 4.69) is 5.32 Å². The number of thioether (sulfide) groups is 1. The molecule has 88 valence electrons. The van der Waals surface area contributed by atoms with Crippen LogP contribution in [0.15, 0.2) is 0 Å². The second-order valence-corrected chi connectivity index (χ2v) is 4.44. The number of hydrogen-bond acceptors (Lipinski definition) is 3. The van der Waals surface area contributed by atoms with Crippen LogP contribution in [0.4, 0.5) is 0 Å². The maximum Gasteiger partial charge on any atom is 0.303 e. The van der Waals surface area contributed by atoms with E-state index in [1.54, 1.807) is 11.8 Å². The summed E-state index contributed by atoms with van der Waals surface area (Å²) in [4.78, 5) is 21.5. The minimum atomic E-state index is -0.800. The predicted molar refractivity (Wildman–Crippen MR) is 62.1 cm³/mol. The van der Waals surface area contributed by atoms with E-state index in [-0.39, 0.29) is 18.4 Å². The Morgan fingerprint density at radius 2 is 1.93 bits per heavy atom. The van der Waals surface area contributed by atoms with Crippen molar-refractivity contribution in [1.82, 2.24) is 5.32 Å². The fraction of sp³-hybridized carbons (Fsp3) is 0.800. The maximum atomic E-state index is 11.3. The third kappa shape index (κ3) is 9.59. The molecule has 4 nitrogen and oxygen atoms in total. The topological polar surface area (TPSA) is 66.4 Å². The molecule has 0 aliphatic heterocycles. The largest absolute Gasteiger partial charge is 0.481 e. The highest BCUT2D eigenvalue weighted by atomic mass is 32.2. The fourth-order valence-electron chi connectivity index (χ4n) is 1.20. The summed E-state index contributed by atoms with van der Waals surface area (Å²) in [6.07, 6.45) is 3.78. The van der Waals surface area contributed by atoms with Crippen LogP contribution in [-0.4, -0.2) is 35.0 Å². The Bertz CT molecular complexity index is 209. The van der Waals surface area contributed by atoms with Crippen LogP contribution in [0.5, 0.6) is 0 Å². The molecule has 0 aromatic heterocycles. The summed E-state index contributed by atoms with van der Waals surface area (Å²) in [5.41, 5.74) is 0. The van der Waals surface area contributed by atoms with Crippen LogP contribution in [-0.2, 0) is 9.59 Å². The normalized spacial score (nSPS) is 12.1. The predicted octanol–water partition coefficient (Wildman–Crippen LogP) is 1.50. The minimum Gasteiger partial charge on any atom is -0.481 e. The molecule has 5 heteroatoms. The Kier molecular flexibility index (Phi) is 8.18. The van der Waals surface area contributed by atoms with Gasteiger partial charge < -0.3 is 10.4 Å². The summed E-state index contributed by atoms with van der Waals surface area (Å²) in [6, 6.07) is 0.187. The molecular formula is C10H19NO3S. The average molecular weight is 233 g/mol. The summed E-state index contributed by atoms with van der Waals surface area (Å²) in [6.45, 7) is 1.96. The summed E-state index contributed by atoms with van der Waals surface area (Å²) in [7, 11) is 0. The van der Waals surface area contributed by atoms with E-state index in [0.29, 0.717) is 19.3 Å². The number of carbonyl (C=O) groups excluding carboxylic acids is 1. The van der Waals surface area contributed by atoms with Crippen molar-refractivity contribution in [1.29, 1.82) is 0 Å². The first-order valence-electron chi connectivity index (χ1n) is 5.06. The summed E-state index contributed by atoms with van der Waals surface area (Å²) in [5, 5.41) is 11.3. The second-order valence-electron chi connectivity index (χ2n) is 3.52. The molecule has 15 heavy (non-hydrogen) atoms. The summed E-state index contributed by atoms with van der Waals surface area (Å²) >= 11 is 1.69. The van der Waals surface area contributed by atoms with Gasteiger partial charge in [0.15, 0.2) is 0 Å². The molecule has 0 aromatic carbocycles. The first kappa shape index (κ1) is 14.3. The Hall–Kier alpha value is -0.710. The summed E-state index contributed by atoms with van der Waals surface area (Å²) < 4.78 is 0. The van der Waals surface area contributed by atoms with Crippen molar-refractivity contribution >= 4 is 23.6 Å². The van der Waals surface area contributed by atoms with Crippen molar-refractivity contribution in [3.8, 4) is 0 Å². The van der Waals surface area contributed by atoms with Gasteiger partial charge in [0.1, 0.15) is 0 Å². The van der Waals surface area contributed by atoms with Gasteiger partial charge in [0.05, 0.1) is 0 Å². The molecule has 0 fully saturated rings. The average Bonchev–Trinajstić information content (AvgIpc) is 2.12. The van der Waals surface area contributed by atoms with Crippen molar-refractivity contribution < 1.29 is 14.7 Å². The Morgan fingerprint density at radius 3 is 2.47 bits per heavy atom. The molecule has 0 aliphatic carbocycles. The van der Waals surface area contributed by atoms with E-state index in [1.807, 2.05) is 13.2 Å². The molecular weight excluding hydrogens is 214 g/mol. The second kappa shape index (κ2) is 8.59. The van der Waals surface area contributed by atoms with Crippen LogP contribution in [0, 0.1) is 0 Å². The van der Waals surface area contributed by atoms with Crippen LogP contribution in [0.25, 0.3) is 0 Å². The maximum absolute atomic E-state index is 11.3. The van der Waals surface area contributed by atoms with E-state index < -0.39 is 5.97 Å². The van der Waals surface area contributed by atoms with Crippen LogP contribution < -0.4 is 5.32 Å². The lowest BCUT2D eigenvalue weighted by atomic mass is 10.2. The number of amides is 1. The summed E-state index contributed by atoms with van der Waals surface area (Å²) in [5.74, 6) is 0.119. The molecule has 1 unspecified atom stereocenters. The SMILES string of the molecule is CSCC(C)NC(=O)CCCCC(=O)O. The van der Waals surface area contributed by atoms with Gasteiger partial charge in [0.2, 0.25) is 5.91 Å². The Morgan fingerprint density at radius 1 is 1.33 bits per heavy atom. The number of rotatable bonds is 8. The number of carboxylic acids is 1. The van der Waals surface area contributed by atoms with Crippen molar-refractivity contribution in [3.05, 3.63) is 0 Å². The fourth-order valence-corrected chi connectivity index (χ4v) is 1.78. The lowest BCUT2D eigenvalue weighted by Gasteiger charge is -2.11. The number of unbranched alkanes of at least 4 members (excludes halogenated alkanes) is 1. The van der Waals surface area contributed by atoms with Gasteiger partial charge in [0.25, 0.3) is 0 Å². The lowest BCUT2D eigenvalue weighted by molar-refractivity contribution is -0.137. The first-order chi connectivity index (χ1) is 7.06. The van der Waals surface area contributed by atoms with Crippen LogP contribution in [0.1, 0.15) is 32.6 Å². The minimum absolute atomic E-state index is 0.0157. The van der Waals surface area contributed by atoms with Gasteiger partial charge in [-0.05, 0) is 26.0 Å². The molecule has 2 N–H and O–H groups in total. The van der Waals surface area contributed by atoms with Crippen molar-refractivity contribution in [2.45, 2.75) is 38.6 Å². The zero-order valence-corrected chi connectivity index (χ0v) is 10.1. The molecule has 0 radical (unpaired) electrons. The Labute approximate surface area is 94.8 Å². The van der Waals surface area contributed by atoms with Crippen LogP contribution in [0.3, 0.4) is 0 Å². The molecule has 1 atom stereocenters. The molecule has 0 rings (SSSR count). The molecule has 0 spiro atoms. The van der Waals surface area contributed by atoms with Gasteiger partial charge in [0, 0.05) is 24.6 Å². The van der Waals surface area contributed by atoms with Gasteiger partial charge in [-0.2, -0.15) is 11.8 Å². The zero-order valence-electron chi connectivity index (χ0n) is 9.28. The first-order valence-corrected chi connectivity index (χ1v) is 6.45. The molecule has 0 saturated heterocycles. The van der Waals surface area contributed by atoms with Crippen LogP contribution in [0.2, 0.25) is 0 Å². The van der Waals surface area contributed by atoms with E-state index in [0.717, 1.165) is 5.75 Å². The highest BCUT2D eigenvalue weighted by molar-refractivity contribution is 7.98. The smallest absolute Gasteiger partial charge is 0.303 e. The van der Waals surface area contributed by atoms with Crippen molar-refractivity contribution in [2.75, 3.05) is 12.0 Å². The number of hydrogen-bond donors (Lipinski definition) is 2. The lowest BCUT2D eigenvalue weighted by Crippen LogP contribution is -2.33. The highest BCUT2D eigenvalue weighted by Crippen LogP contribution is 2.01. The third-order valence-electron chi connectivity index (χ3n) is 1.87. The zero-order chi connectivity index (χ0) is 11.7. The van der Waals surface area contributed by atoms with E-state index in [1.165, 1.54) is 0 Å². The molecule has 0 aromatic rings. The number of nitrogens with one attached hydrogen (secondary N) is 1. The van der Waals surface area contributed by atoms with E-state index >= 15 is 0 Å². The number of carboxylic acid groups (broad SMARTS) is 1. The standard InChI is InChI=1S/C10H19NO3S/c1-8(7-15-2)11-9(12)5-3-4-6-10(13)14/h8H,3-7H2,1-2H3,(H,11,12)(H,13,14). The molecule has 0 aliphatic rings. The van der Waals surface area contributed by atoms with Crippen LogP contribution >= 0.6 is 11.8 Å². The van der Waals surface area contributed by atoms with Crippen molar-refractivity contribution in [2.24, 2.45) is 0 Å². The highest BCUT2D eigenvalue weighted by Gasteiger charge is 2.06. The molecule has 0 heterocycles. The molecule has 1 amide bonds. The van der Waals surface area contributed by atoms with E-state index in [9.17, 15) is 9.59 Å². The van der Waals surface area contributed by atoms with Gasteiger partial charge in [-0.1, -0.05) is 0 Å². The Balaban J connectivity index is 3.44. The van der Waals surface area contributed by atoms with Gasteiger partial charge in [-0.3, -0.25) is 9.59 Å². The van der Waals surface area contributed by atoms with Crippen molar-refractivity contribution in [3.63, 3.8) is 0 Å². The van der Waals surface area contributed by atoms with Gasteiger partial charge in [-0.15, -0.1) is 0 Å². The molecule has 0 saturated carbocycles. The number of aliphatic carboxylic acids is 1. The van der Waals surface area contributed by atoms with Gasteiger partial charge in [-0.25, -0.2) is 0 Å². The quantitative estimate of drug-likeness (QED) is 0.623. The molecule has 0 bridgehead atoms. The van der Waals surface area contributed by atoms with E-state index in [4.69, 9.17) is 5.11 Å². The monoisotopic (exact) mass is 233 g/mol.